The molecule has 0 aliphatic carbocycles. The molecule has 0 spiro atoms. The zero-order chi connectivity index (χ0) is 19.2. The van der Waals surface area contributed by atoms with Crippen LogP contribution in [0.4, 0.5) is 0 Å². The van der Waals surface area contributed by atoms with Crippen LogP contribution in [0, 0.1) is 0 Å². The molecule has 1 N–H and O–H groups in total. The van der Waals surface area contributed by atoms with Crippen LogP contribution in [0.5, 0.6) is 0 Å². The minimum Gasteiger partial charge on any atom is -0.347 e. The highest BCUT2D eigenvalue weighted by molar-refractivity contribution is 6.02. The van der Waals surface area contributed by atoms with Gasteiger partial charge in [0.05, 0.1) is 5.52 Å². The molecule has 1 aromatic carbocycles. The van der Waals surface area contributed by atoms with E-state index in [0.717, 1.165) is 18.4 Å². The Morgan fingerprint density at radius 1 is 1.11 bits per heavy atom. The molecule has 0 saturated heterocycles. The van der Waals surface area contributed by atoms with Crippen LogP contribution in [-0.2, 0) is 6.54 Å². The Hall–Kier alpha value is -3.15. The topological polar surface area (TPSA) is 66.7 Å². The molecular weight excluding hydrogens is 340 g/mol. The molecule has 2 amide bonds. The van der Waals surface area contributed by atoms with Crippen LogP contribution >= 0.6 is 0 Å². The van der Waals surface area contributed by atoms with Gasteiger partial charge in [0.15, 0.2) is 5.69 Å². The summed E-state index contributed by atoms with van der Waals surface area (Å²) in [6.45, 7) is 3.15. The number of carbonyl (C=O) groups is 2. The van der Waals surface area contributed by atoms with E-state index in [0.29, 0.717) is 18.6 Å². The molecule has 0 unspecified atom stereocenters. The Morgan fingerprint density at radius 3 is 2.59 bits per heavy atom. The molecule has 27 heavy (non-hydrogen) atoms. The lowest BCUT2D eigenvalue weighted by Crippen LogP contribution is -2.29. The Labute approximate surface area is 158 Å². The number of nitrogens with one attached hydrogen (secondary N) is 1. The van der Waals surface area contributed by atoms with Crippen LogP contribution < -0.4 is 5.32 Å². The lowest BCUT2D eigenvalue weighted by atomic mass is 10.2. The van der Waals surface area contributed by atoms with Crippen molar-refractivity contribution in [1.82, 2.24) is 19.6 Å². The van der Waals surface area contributed by atoms with E-state index in [1.54, 1.807) is 28.6 Å². The number of pyridine rings is 1. The zero-order valence-electron chi connectivity index (χ0n) is 15.7. The molecule has 0 saturated carbocycles. The average Bonchev–Trinajstić information content (AvgIpc) is 3.10. The van der Waals surface area contributed by atoms with E-state index in [1.165, 1.54) is 0 Å². The maximum atomic E-state index is 12.8. The summed E-state index contributed by atoms with van der Waals surface area (Å²) in [6.07, 6.45) is 3.69. The van der Waals surface area contributed by atoms with Crippen LogP contribution in [0.1, 0.15) is 46.4 Å². The molecule has 0 bridgehead atoms. The highest BCUT2D eigenvalue weighted by Gasteiger charge is 2.23. The highest BCUT2D eigenvalue weighted by Crippen LogP contribution is 2.15. The number of imidazole rings is 1. The summed E-state index contributed by atoms with van der Waals surface area (Å²) in [5.74, 6) is -0.223. The third kappa shape index (κ3) is 4.16. The van der Waals surface area contributed by atoms with E-state index < -0.39 is 0 Å². The minimum absolute atomic E-state index is 0.188. The van der Waals surface area contributed by atoms with E-state index in [1.807, 2.05) is 42.5 Å². The normalized spacial score (nSPS) is 10.7. The fourth-order valence-corrected chi connectivity index (χ4v) is 2.89. The predicted molar refractivity (Wildman–Crippen MR) is 105 cm³/mol. The van der Waals surface area contributed by atoms with Crippen molar-refractivity contribution in [2.24, 2.45) is 0 Å². The van der Waals surface area contributed by atoms with Gasteiger partial charge in [-0.3, -0.25) is 14.0 Å². The highest BCUT2D eigenvalue weighted by atomic mass is 16.2. The molecule has 0 radical (unpaired) electrons. The second-order valence-corrected chi connectivity index (χ2v) is 6.49. The van der Waals surface area contributed by atoms with E-state index in [2.05, 4.69) is 17.2 Å². The maximum Gasteiger partial charge on any atom is 0.289 e. The number of hydrogen-bond donors (Lipinski definition) is 1. The van der Waals surface area contributed by atoms with Crippen molar-refractivity contribution in [3.05, 3.63) is 71.8 Å². The standard InChI is InChI=1S/C21H24N4O2/c1-3-4-13-24(2)21(27)19-23-18(17-12-8-9-14-25(17)19)20(26)22-15-16-10-6-5-7-11-16/h5-12,14H,3-4,13,15H2,1-2H3,(H,22,26). The number of unbranched alkanes of at least 4 members (excludes halogenated alkanes) is 1. The first-order chi connectivity index (χ1) is 13.1. The van der Waals surface area contributed by atoms with Crippen molar-refractivity contribution >= 4 is 17.3 Å². The van der Waals surface area contributed by atoms with Gasteiger partial charge < -0.3 is 10.2 Å². The van der Waals surface area contributed by atoms with Gasteiger partial charge in [0, 0.05) is 26.3 Å². The number of fused-ring (bicyclic) bond motifs is 1. The van der Waals surface area contributed by atoms with Gasteiger partial charge in [-0.05, 0) is 24.1 Å². The summed E-state index contributed by atoms with van der Waals surface area (Å²) < 4.78 is 1.68. The van der Waals surface area contributed by atoms with Gasteiger partial charge in [0.1, 0.15) is 0 Å². The van der Waals surface area contributed by atoms with Crippen LogP contribution in [0.2, 0.25) is 0 Å². The van der Waals surface area contributed by atoms with Gasteiger partial charge in [-0.25, -0.2) is 4.98 Å². The van der Waals surface area contributed by atoms with Gasteiger partial charge in [0.2, 0.25) is 5.82 Å². The fraction of sp³-hybridized carbons (Fsp3) is 0.286. The summed E-state index contributed by atoms with van der Waals surface area (Å²) in [7, 11) is 1.76. The van der Waals surface area contributed by atoms with Crippen LogP contribution in [0.25, 0.3) is 5.52 Å². The summed E-state index contributed by atoms with van der Waals surface area (Å²) in [5.41, 5.74) is 1.89. The van der Waals surface area contributed by atoms with Gasteiger partial charge in [-0.2, -0.15) is 0 Å². The zero-order valence-corrected chi connectivity index (χ0v) is 15.7. The maximum absolute atomic E-state index is 12.8. The van der Waals surface area contributed by atoms with Crippen molar-refractivity contribution in [2.75, 3.05) is 13.6 Å². The van der Waals surface area contributed by atoms with Crippen molar-refractivity contribution < 1.29 is 9.59 Å². The number of benzene rings is 1. The molecule has 140 valence electrons. The first kappa shape index (κ1) is 18.6. The second-order valence-electron chi connectivity index (χ2n) is 6.49. The number of aromatic nitrogens is 2. The number of rotatable bonds is 7. The average molecular weight is 364 g/mol. The minimum atomic E-state index is -0.294. The van der Waals surface area contributed by atoms with Gasteiger partial charge in [-0.1, -0.05) is 49.7 Å². The lowest BCUT2D eigenvalue weighted by molar-refractivity contribution is 0.0780. The van der Waals surface area contributed by atoms with Crippen molar-refractivity contribution in [2.45, 2.75) is 26.3 Å². The van der Waals surface area contributed by atoms with E-state index in [-0.39, 0.29) is 23.3 Å². The summed E-state index contributed by atoms with van der Waals surface area (Å²) in [4.78, 5) is 31.5. The first-order valence-electron chi connectivity index (χ1n) is 9.16. The molecule has 3 rings (SSSR count). The number of carbonyl (C=O) groups excluding carboxylic acids is 2. The third-order valence-corrected chi connectivity index (χ3v) is 4.44. The van der Waals surface area contributed by atoms with Gasteiger partial charge in [0.25, 0.3) is 11.8 Å². The van der Waals surface area contributed by atoms with E-state index in [9.17, 15) is 9.59 Å². The fourth-order valence-electron chi connectivity index (χ4n) is 2.89. The van der Waals surface area contributed by atoms with Crippen LogP contribution in [-0.4, -0.2) is 39.7 Å². The Balaban J connectivity index is 1.85. The third-order valence-electron chi connectivity index (χ3n) is 4.44. The summed E-state index contributed by atoms with van der Waals surface area (Å²) in [6, 6.07) is 15.1. The van der Waals surface area contributed by atoms with Gasteiger partial charge >= 0.3 is 0 Å². The van der Waals surface area contributed by atoms with Crippen LogP contribution in [0.3, 0.4) is 0 Å². The molecule has 6 nitrogen and oxygen atoms in total. The molecule has 6 heteroatoms. The first-order valence-corrected chi connectivity index (χ1v) is 9.16. The molecule has 2 aromatic heterocycles. The van der Waals surface area contributed by atoms with Crippen molar-refractivity contribution in [3.63, 3.8) is 0 Å². The Kier molecular flexibility index (Phi) is 5.86. The van der Waals surface area contributed by atoms with Crippen LogP contribution in [0.15, 0.2) is 54.7 Å². The van der Waals surface area contributed by atoms with E-state index in [4.69, 9.17) is 0 Å². The monoisotopic (exact) mass is 364 g/mol. The largest absolute Gasteiger partial charge is 0.347 e. The smallest absolute Gasteiger partial charge is 0.289 e. The second kappa shape index (κ2) is 8.49. The number of hydrogen-bond acceptors (Lipinski definition) is 3. The Morgan fingerprint density at radius 2 is 1.85 bits per heavy atom. The molecule has 2 heterocycles. The van der Waals surface area contributed by atoms with E-state index >= 15 is 0 Å². The molecule has 0 fully saturated rings. The summed E-state index contributed by atoms with van der Waals surface area (Å²) in [5, 5.41) is 2.88. The number of nitrogens with zero attached hydrogens (tertiary/aromatic N) is 3. The quantitative estimate of drug-likeness (QED) is 0.700. The van der Waals surface area contributed by atoms with Crippen molar-refractivity contribution in [1.29, 1.82) is 0 Å². The summed E-state index contributed by atoms with van der Waals surface area (Å²) >= 11 is 0. The molecule has 0 aliphatic rings. The SMILES string of the molecule is CCCCN(C)C(=O)c1nc(C(=O)NCc2ccccc2)c2ccccn12. The molecule has 0 aliphatic heterocycles. The van der Waals surface area contributed by atoms with Gasteiger partial charge in [-0.15, -0.1) is 0 Å². The molecular formula is C21H24N4O2. The molecule has 3 aromatic rings. The lowest BCUT2D eigenvalue weighted by Gasteiger charge is -2.15. The predicted octanol–water partition coefficient (Wildman–Crippen LogP) is 3.14. The van der Waals surface area contributed by atoms with Crippen molar-refractivity contribution in [3.8, 4) is 0 Å². The Bertz CT molecular complexity index is 934. The number of amides is 2. The molecule has 0 atom stereocenters.